The maximum absolute atomic E-state index is 13.2. The fourth-order valence-electron chi connectivity index (χ4n) is 7.86. The van der Waals surface area contributed by atoms with Crippen LogP contribution in [0.5, 0.6) is 0 Å². The van der Waals surface area contributed by atoms with Crippen molar-refractivity contribution >= 4 is 11.9 Å². The van der Waals surface area contributed by atoms with E-state index in [1.165, 1.54) is 148 Å². The van der Waals surface area contributed by atoms with E-state index in [4.69, 9.17) is 4.74 Å². The van der Waals surface area contributed by atoms with Gasteiger partial charge in [-0.15, -0.1) is 0 Å². The van der Waals surface area contributed by atoms with E-state index in [2.05, 4.69) is 74.7 Å². The first kappa shape index (κ1) is 59.6. The number of rotatable bonds is 47. The Morgan fingerprint density at radius 3 is 1.23 bits per heavy atom. The maximum Gasteiger partial charge on any atom is 0.306 e. The molecule has 0 heterocycles. The molecule has 3 atom stereocenters. The van der Waals surface area contributed by atoms with Crippen molar-refractivity contribution in [2.45, 2.75) is 277 Å². The van der Waals surface area contributed by atoms with Crippen molar-refractivity contribution in [2.24, 2.45) is 0 Å². The number of amides is 1. The second-order valence-corrected chi connectivity index (χ2v) is 17.9. The minimum atomic E-state index is -0.819. The van der Waals surface area contributed by atoms with Gasteiger partial charge in [0.2, 0.25) is 5.91 Å². The molecule has 0 aromatic rings. The van der Waals surface area contributed by atoms with Gasteiger partial charge in [-0.1, -0.05) is 255 Å². The largest absolute Gasteiger partial charge is 0.458 e. The van der Waals surface area contributed by atoms with Crippen LogP contribution in [0.25, 0.3) is 0 Å². The predicted octanol–water partition coefficient (Wildman–Crippen LogP) is 16.0. The summed E-state index contributed by atoms with van der Waals surface area (Å²) < 4.78 is 5.82. The van der Waals surface area contributed by atoms with E-state index in [-0.39, 0.29) is 24.9 Å². The Balaban J connectivity index is 4.66. The van der Waals surface area contributed by atoms with Gasteiger partial charge in [0.05, 0.1) is 25.2 Å². The monoisotopic (exact) mass is 868 g/mol. The summed E-state index contributed by atoms with van der Waals surface area (Å²) in [5.41, 5.74) is 0. The molecule has 0 rings (SSSR count). The molecule has 6 heteroatoms. The van der Waals surface area contributed by atoms with Crippen LogP contribution in [-0.2, 0) is 14.3 Å². The second kappa shape index (κ2) is 49.6. The van der Waals surface area contributed by atoms with Gasteiger partial charge in [0, 0.05) is 6.42 Å². The van der Waals surface area contributed by atoms with E-state index in [1.807, 2.05) is 6.08 Å². The molecule has 0 spiro atoms. The molecule has 0 aromatic heterocycles. The zero-order valence-corrected chi connectivity index (χ0v) is 41.0. The fourth-order valence-corrected chi connectivity index (χ4v) is 7.86. The van der Waals surface area contributed by atoms with Crippen molar-refractivity contribution in [3.63, 3.8) is 0 Å². The zero-order valence-electron chi connectivity index (χ0n) is 41.0. The predicted molar refractivity (Wildman–Crippen MR) is 268 cm³/mol. The van der Waals surface area contributed by atoms with E-state index >= 15 is 0 Å². The van der Waals surface area contributed by atoms with Crippen molar-refractivity contribution in [1.82, 2.24) is 5.32 Å². The number of carbonyl (C=O) groups excluding carboxylic acids is 2. The number of nitrogens with one attached hydrogen (secondary N) is 1. The topological polar surface area (TPSA) is 95.9 Å². The molecule has 360 valence electrons. The highest BCUT2D eigenvalue weighted by Gasteiger charge is 2.23. The van der Waals surface area contributed by atoms with E-state index in [9.17, 15) is 19.8 Å². The van der Waals surface area contributed by atoms with Gasteiger partial charge in [-0.2, -0.15) is 0 Å². The summed E-state index contributed by atoms with van der Waals surface area (Å²) in [5, 5.41) is 23.7. The van der Waals surface area contributed by atoms with Gasteiger partial charge >= 0.3 is 5.97 Å². The number of unbranched alkanes of at least 4 members (excludes halogenated alkanes) is 27. The lowest BCUT2D eigenvalue weighted by Crippen LogP contribution is -2.46. The van der Waals surface area contributed by atoms with Crippen LogP contribution >= 0.6 is 0 Å². The number of carbonyl (C=O) groups is 2. The highest BCUT2D eigenvalue weighted by Crippen LogP contribution is 2.17. The molecule has 0 aliphatic carbocycles. The normalized spacial score (nSPS) is 13.7. The zero-order chi connectivity index (χ0) is 45.2. The molecule has 0 bridgehead atoms. The minimum Gasteiger partial charge on any atom is -0.458 e. The molecule has 62 heavy (non-hydrogen) atoms. The van der Waals surface area contributed by atoms with Gasteiger partial charge in [-0.25, -0.2) is 0 Å². The summed E-state index contributed by atoms with van der Waals surface area (Å²) >= 11 is 0. The number of aliphatic hydroxyl groups excluding tert-OH is 2. The quantitative estimate of drug-likeness (QED) is 0.0322. The molecule has 0 aliphatic rings. The summed E-state index contributed by atoms with van der Waals surface area (Å²) in [6.45, 7) is 6.34. The molecule has 0 radical (unpaired) electrons. The molecular formula is C56H101NO5. The van der Waals surface area contributed by atoms with Crippen molar-refractivity contribution < 1.29 is 24.5 Å². The van der Waals surface area contributed by atoms with Crippen molar-refractivity contribution in [2.75, 3.05) is 6.61 Å². The van der Waals surface area contributed by atoms with Crippen LogP contribution in [0.1, 0.15) is 258 Å². The summed E-state index contributed by atoms with van der Waals surface area (Å²) in [6.07, 6.45) is 61.7. The second-order valence-electron chi connectivity index (χ2n) is 17.9. The fraction of sp³-hybridized carbons (Fsp3) is 0.786. The van der Waals surface area contributed by atoms with Crippen LogP contribution in [0.3, 0.4) is 0 Å². The molecule has 3 N–H and O–H groups in total. The van der Waals surface area contributed by atoms with Crippen LogP contribution in [0, 0.1) is 0 Å². The molecule has 0 aromatic carbocycles. The summed E-state index contributed by atoms with van der Waals surface area (Å²) in [5.74, 6) is -0.622. The Kier molecular flexibility index (Phi) is 47.6. The molecule has 6 nitrogen and oxygen atoms in total. The molecule has 3 unspecified atom stereocenters. The number of esters is 1. The highest BCUT2D eigenvalue weighted by molar-refractivity contribution is 5.78. The van der Waals surface area contributed by atoms with Crippen molar-refractivity contribution in [1.29, 1.82) is 0 Å². The van der Waals surface area contributed by atoms with Crippen LogP contribution in [0.4, 0.5) is 0 Å². The third-order valence-corrected chi connectivity index (χ3v) is 11.9. The van der Waals surface area contributed by atoms with E-state index in [0.717, 1.165) is 64.2 Å². The Morgan fingerprint density at radius 1 is 0.484 bits per heavy atom. The third-order valence-electron chi connectivity index (χ3n) is 11.9. The first-order valence-corrected chi connectivity index (χ1v) is 26.5. The van der Waals surface area contributed by atoms with Gasteiger partial charge in [0.25, 0.3) is 0 Å². The number of aliphatic hydroxyl groups is 2. The van der Waals surface area contributed by atoms with Crippen LogP contribution in [-0.4, -0.2) is 46.9 Å². The lowest BCUT2D eigenvalue weighted by Gasteiger charge is -2.23. The standard InChI is InChI=1S/C56H101NO5/c1-4-7-10-13-16-19-22-25-27-28-31-33-36-39-42-45-48-54(59)53(51-58)57-55(60)50-52(47-44-41-38-35-32-30-26-23-20-17-14-11-8-5-2)62-56(61)49-46-43-40-37-34-29-24-21-18-15-12-9-6-3/h8,11,17,20,26,30,35,38,44,47,52-54,58-59H,4-7,9-10,12-16,18-19,21-25,27-29,31-34,36-37,39-43,45-46,48-51H2,1-3H3,(H,57,60)/b11-8+,20-17+,30-26+,38-35+,47-44+. The average molecular weight is 868 g/mol. The van der Waals surface area contributed by atoms with Gasteiger partial charge in [0.1, 0.15) is 6.10 Å². The first-order chi connectivity index (χ1) is 30.5. The van der Waals surface area contributed by atoms with Crippen LogP contribution < -0.4 is 5.32 Å². The number of hydrogen-bond acceptors (Lipinski definition) is 5. The number of allylic oxidation sites excluding steroid dienone is 9. The number of ether oxygens (including phenoxy) is 1. The van der Waals surface area contributed by atoms with Crippen LogP contribution in [0.2, 0.25) is 0 Å². The van der Waals surface area contributed by atoms with Gasteiger partial charge in [-0.3, -0.25) is 9.59 Å². The van der Waals surface area contributed by atoms with E-state index in [1.54, 1.807) is 6.08 Å². The van der Waals surface area contributed by atoms with Crippen LogP contribution in [0.15, 0.2) is 60.8 Å². The molecule has 0 saturated carbocycles. The van der Waals surface area contributed by atoms with Gasteiger partial charge in [0.15, 0.2) is 0 Å². The lowest BCUT2D eigenvalue weighted by molar-refractivity contribution is -0.148. The molecule has 1 amide bonds. The highest BCUT2D eigenvalue weighted by atomic mass is 16.5. The smallest absolute Gasteiger partial charge is 0.306 e. The first-order valence-electron chi connectivity index (χ1n) is 26.5. The number of hydrogen-bond donors (Lipinski definition) is 3. The van der Waals surface area contributed by atoms with Crippen molar-refractivity contribution in [3.8, 4) is 0 Å². The summed E-state index contributed by atoms with van der Waals surface area (Å²) in [7, 11) is 0. The Morgan fingerprint density at radius 2 is 0.839 bits per heavy atom. The summed E-state index contributed by atoms with van der Waals surface area (Å²) in [4.78, 5) is 26.1. The lowest BCUT2D eigenvalue weighted by atomic mass is 10.0. The summed E-state index contributed by atoms with van der Waals surface area (Å²) in [6, 6.07) is -0.741. The minimum absolute atomic E-state index is 0.0443. The van der Waals surface area contributed by atoms with Gasteiger partial charge < -0.3 is 20.3 Å². The SMILES string of the molecule is CC/C=C/C/C=C/C/C=C/C/C=C/C/C=C/C(CC(=O)NC(CO)C(O)CCCCCCCCCCCCCCCCCC)OC(=O)CCCCCCCCCCCCCCC. The molecule has 0 aliphatic heterocycles. The third kappa shape index (κ3) is 44.2. The average Bonchev–Trinajstić information content (AvgIpc) is 3.26. The molecule has 0 saturated heterocycles. The Hall–Kier alpha value is -2.44. The maximum atomic E-state index is 13.2. The van der Waals surface area contributed by atoms with Gasteiger partial charge in [-0.05, 0) is 51.0 Å². The Labute approximate surface area is 384 Å². The molecule has 0 fully saturated rings. The van der Waals surface area contributed by atoms with Crippen molar-refractivity contribution in [3.05, 3.63) is 60.8 Å². The van der Waals surface area contributed by atoms with E-state index in [0.29, 0.717) is 19.3 Å². The van der Waals surface area contributed by atoms with E-state index < -0.39 is 18.2 Å². The molecular weight excluding hydrogens is 767 g/mol. The Bertz CT molecular complexity index is 1110.